The van der Waals surface area contributed by atoms with Crippen LogP contribution in [0.1, 0.15) is 6.23 Å². The molecule has 0 spiro atoms. The van der Waals surface area contributed by atoms with Crippen molar-refractivity contribution < 1.29 is 19.3 Å². The minimum absolute atomic E-state index is 0.571. The SMILES string of the molecule is [N-]=[N+]=NC1[C@@H](CO)O[C@@H](n2cc(F)c(=O)[nH]c2=O)[C@H]1O. The number of hydrogen-bond donors (Lipinski definition) is 3. The molecule has 0 aromatic carbocycles. The van der Waals surface area contributed by atoms with Crippen LogP contribution in [0.4, 0.5) is 4.39 Å². The summed E-state index contributed by atoms with van der Waals surface area (Å²) in [5.41, 5.74) is 6.18. The first kappa shape index (κ1) is 14.2. The minimum Gasteiger partial charge on any atom is -0.394 e. The van der Waals surface area contributed by atoms with Gasteiger partial charge in [0.1, 0.15) is 6.10 Å². The molecule has 10 nitrogen and oxygen atoms in total. The highest BCUT2D eigenvalue weighted by molar-refractivity contribution is 4.97. The summed E-state index contributed by atoms with van der Waals surface area (Å²) in [6.07, 6.45) is -3.34. The van der Waals surface area contributed by atoms with Crippen molar-refractivity contribution in [2.24, 2.45) is 5.11 Å². The number of rotatable bonds is 3. The number of H-pyrrole nitrogens is 1. The second-order valence-corrected chi connectivity index (χ2v) is 4.08. The Labute approximate surface area is 109 Å². The van der Waals surface area contributed by atoms with Gasteiger partial charge < -0.3 is 14.9 Å². The lowest BCUT2D eigenvalue weighted by Gasteiger charge is -2.17. The van der Waals surface area contributed by atoms with Crippen molar-refractivity contribution in [3.8, 4) is 0 Å². The highest BCUT2D eigenvalue weighted by atomic mass is 19.1. The average molecular weight is 287 g/mol. The third-order valence-electron chi connectivity index (χ3n) is 2.90. The lowest BCUT2D eigenvalue weighted by atomic mass is 10.1. The van der Waals surface area contributed by atoms with Gasteiger partial charge in [0.25, 0.3) is 5.56 Å². The summed E-state index contributed by atoms with van der Waals surface area (Å²) in [6.45, 7) is -0.572. The monoisotopic (exact) mass is 287 g/mol. The van der Waals surface area contributed by atoms with E-state index in [0.29, 0.717) is 10.8 Å². The molecule has 1 aromatic rings. The van der Waals surface area contributed by atoms with Gasteiger partial charge in [-0.1, -0.05) is 5.11 Å². The Kier molecular flexibility index (Phi) is 3.86. The van der Waals surface area contributed by atoms with Gasteiger partial charge in [0.05, 0.1) is 24.9 Å². The predicted octanol–water partition coefficient (Wildman–Crippen LogP) is -1.39. The first-order valence-electron chi connectivity index (χ1n) is 5.49. The van der Waals surface area contributed by atoms with Crippen molar-refractivity contribution in [2.45, 2.75) is 24.5 Å². The van der Waals surface area contributed by atoms with Gasteiger partial charge in [0.15, 0.2) is 6.23 Å². The molecule has 0 radical (unpaired) electrons. The fourth-order valence-corrected chi connectivity index (χ4v) is 1.96. The number of hydrogen-bond acceptors (Lipinski definition) is 6. The van der Waals surface area contributed by atoms with Crippen LogP contribution in [-0.4, -0.2) is 44.6 Å². The molecule has 4 atom stereocenters. The van der Waals surface area contributed by atoms with Gasteiger partial charge in [-0.25, -0.2) is 4.79 Å². The molecule has 0 aliphatic carbocycles. The van der Waals surface area contributed by atoms with Crippen molar-refractivity contribution in [2.75, 3.05) is 6.61 Å². The number of ether oxygens (including phenoxy) is 1. The van der Waals surface area contributed by atoms with Crippen LogP contribution in [0.5, 0.6) is 0 Å². The summed E-state index contributed by atoms with van der Waals surface area (Å²) >= 11 is 0. The van der Waals surface area contributed by atoms with Crippen molar-refractivity contribution in [1.82, 2.24) is 9.55 Å². The van der Waals surface area contributed by atoms with Crippen LogP contribution in [-0.2, 0) is 4.74 Å². The Balaban J connectivity index is 2.44. The summed E-state index contributed by atoms with van der Waals surface area (Å²) in [5, 5.41) is 22.3. The molecule has 0 saturated carbocycles. The number of halogens is 1. The molecule has 1 saturated heterocycles. The Hall–Kier alpha value is -2.20. The van der Waals surface area contributed by atoms with Crippen LogP contribution in [0.15, 0.2) is 20.9 Å². The molecular weight excluding hydrogens is 277 g/mol. The van der Waals surface area contributed by atoms with Gasteiger partial charge in [-0.3, -0.25) is 14.3 Å². The normalized spacial score (nSPS) is 29.1. The molecule has 3 N–H and O–H groups in total. The van der Waals surface area contributed by atoms with Crippen molar-refractivity contribution in [1.29, 1.82) is 0 Å². The van der Waals surface area contributed by atoms with Crippen LogP contribution in [0.3, 0.4) is 0 Å². The number of nitrogens with one attached hydrogen (secondary N) is 1. The number of aliphatic hydroxyl groups excluding tert-OH is 2. The molecule has 2 heterocycles. The summed E-state index contributed by atoms with van der Waals surface area (Å²) < 4.78 is 19.0. The molecule has 2 rings (SSSR count). The van der Waals surface area contributed by atoms with E-state index in [-0.39, 0.29) is 0 Å². The van der Waals surface area contributed by atoms with E-state index in [0.717, 1.165) is 0 Å². The molecule has 0 amide bonds. The number of aromatic nitrogens is 2. The molecule has 1 unspecified atom stereocenters. The van der Waals surface area contributed by atoms with E-state index in [4.69, 9.17) is 15.4 Å². The number of aromatic amines is 1. The number of azide groups is 1. The molecule has 108 valence electrons. The molecule has 1 aliphatic rings. The van der Waals surface area contributed by atoms with Gasteiger partial charge >= 0.3 is 5.69 Å². The van der Waals surface area contributed by atoms with Crippen molar-refractivity contribution in [3.05, 3.63) is 43.3 Å². The second kappa shape index (κ2) is 5.43. The van der Waals surface area contributed by atoms with Gasteiger partial charge in [0.2, 0.25) is 5.82 Å². The van der Waals surface area contributed by atoms with E-state index >= 15 is 0 Å². The number of nitrogens with zero attached hydrogens (tertiary/aromatic N) is 4. The Morgan fingerprint density at radius 1 is 1.60 bits per heavy atom. The van der Waals surface area contributed by atoms with Gasteiger partial charge in [-0.15, -0.1) is 0 Å². The summed E-state index contributed by atoms with van der Waals surface area (Å²) in [6, 6.07) is -1.14. The molecule has 1 aliphatic heterocycles. The Bertz CT molecular complexity index is 665. The quantitative estimate of drug-likeness (QED) is 0.354. The minimum atomic E-state index is -1.48. The van der Waals surface area contributed by atoms with E-state index < -0.39 is 48.2 Å². The fourth-order valence-electron chi connectivity index (χ4n) is 1.96. The van der Waals surface area contributed by atoms with E-state index in [2.05, 4.69) is 10.0 Å². The van der Waals surface area contributed by atoms with Crippen LogP contribution in [0.25, 0.3) is 10.4 Å². The smallest absolute Gasteiger partial charge is 0.330 e. The Morgan fingerprint density at radius 3 is 2.90 bits per heavy atom. The molecule has 1 aromatic heterocycles. The largest absolute Gasteiger partial charge is 0.394 e. The highest BCUT2D eigenvalue weighted by Gasteiger charge is 2.44. The lowest BCUT2D eigenvalue weighted by Crippen LogP contribution is -2.38. The lowest BCUT2D eigenvalue weighted by molar-refractivity contribution is -0.0536. The fraction of sp³-hybridized carbons (Fsp3) is 0.556. The third kappa shape index (κ3) is 2.30. The standard InChI is InChI=1S/C9H10FN5O5/c10-3-1-15(9(19)12-7(3)18)8-6(17)5(13-14-11)4(2-16)20-8/h1,4-6,8,16-17H,2H2,(H,12,18,19)/t4-,5?,6+,8-/m1/s1. The maximum atomic E-state index is 13.2. The molecular formula is C9H10FN5O5. The van der Waals surface area contributed by atoms with Crippen LogP contribution in [0.2, 0.25) is 0 Å². The van der Waals surface area contributed by atoms with E-state index in [1.165, 1.54) is 0 Å². The zero-order valence-corrected chi connectivity index (χ0v) is 9.88. The Morgan fingerprint density at radius 2 is 2.30 bits per heavy atom. The van der Waals surface area contributed by atoms with Crippen LogP contribution in [0, 0.1) is 5.82 Å². The highest BCUT2D eigenvalue weighted by Crippen LogP contribution is 2.30. The maximum Gasteiger partial charge on any atom is 0.330 e. The zero-order chi connectivity index (χ0) is 14.9. The van der Waals surface area contributed by atoms with Gasteiger partial charge in [-0.05, 0) is 5.53 Å². The van der Waals surface area contributed by atoms with Crippen LogP contribution >= 0.6 is 0 Å². The summed E-state index contributed by atoms with van der Waals surface area (Å²) in [5.74, 6) is -1.24. The summed E-state index contributed by atoms with van der Waals surface area (Å²) in [4.78, 5) is 26.7. The maximum absolute atomic E-state index is 13.2. The molecule has 1 fully saturated rings. The van der Waals surface area contributed by atoms with E-state index in [1.807, 2.05) is 0 Å². The van der Waals surface area contributed by atoms with E-state index in [9.17, 15) is 19.1 Å². The van der Waals surface area contributed by atoms with E-state index in [1.54, 1.807) is 4.98 Å². The van der Waals surface area contributed by atoms with Gasteiger partial charge in [0, 0.05) is 4.91 Å². The van der Waals surface area contributed by atoms with Crippen molar-refractivity contribution >= 4 is 0 Å². The molecule has 20 heavy (non-hydrogen) atoms. The molecule has 11 heteroatoms. The third-order valence-corrected chi connectivity index (χ3v) is 2.90. The van der Waals surface area contributed by atoms with Crippen LogP contribution < -0.4 is 11.2 Å². The van der Waals surface area contributed by atoms with Gasteiger partial charge in [-0.2, -0.15) is 4.39 Å². The summed E-state index contributed by atoms with van der Waals surface area (Å²) in [7, 11) is 0. The topological polar surface area (TPSA) is 153 Å². The predicted molar refractivity (Wildman–Crippen MR) is 61.2 cm³/mol. The first-order chi connectivity index (χ1) is 9.49. The first-order valence-corrected chi connectivity index (χ1v) is 5.49. The van der Waals surface area contributed by atoms with Crippen molar-refractivity contribution in [3.63, 3.8) is 0 Å². The molecule has 0 bridgehead atoms. The second-order valence-electron chi connectivity index (χ2n) is 4.08. The average Bonchev–Trinajstić information content (AvgIpc) is 2.72. The number of aliphatic hydroxyl groups is 2. The zero-order valence-electron chi connectivity index (χ0n) is 9.88.